The van der Waals surface area contributed by atoms with E-state index in [0.717, 1.165) is 31.2 Å². The summed E-state index contributed by atoms with van der Waals surface area (Å²) in [6.07, 6.45) is 9.60. The lowest BCUT2D eigenvalue weighted by atomic mass is 9.84. The summed E-state index contributed by atoms with van der Waals surface area (Å²) >= 11 is 0. The van der Waals surface area contributed by atoms with Gasteiger partial charge in [0.25, 0.3) is 0 Å². The van der Waals surface area contributed by atoms with Crippen LogP contribution in [0.4, 0.5) is 0 Å². The highest BCUT2D eigenvalue weighted by atomic mass is 16.5. The number of carbonyl (C=O) groups excluding carboxylic acids is 1. The molecule has 0 radical (unpaired) electrons. The number of quaternary nitrogens is 1. The van der Waals surface area contributed by atoms with Crippen LogP contribution in [-0.4, -0.2) is 41.7 Å². The molecule has 3 heteroatoms. The quantitative estimate of drug-likeness (QED) is 0.535. The van der Waals surface area contributed by atoms with Gasteiger partial charge in [-0.3, -0.25) is 4.79 Å². The van der Waals surface area contributed by atoms with Gasteiger partial charge in [-0.2, -0.15) is 0 Å². The van der Waals surface area contributed by atoms with Crippen molar-refractivity contribution in [3.8, 4) is 0 Å². The third kappa shape index (κ3) is 3.44. The molecule has 3 fully saturated rings. The summed E-state index contributed by atoms with van der Waals surface area (Å²) in [5, 5.41) is 0. The van der Waals surface area contributed by atoms with Crippen molar-refractivity contribution >= 4 is 5.97 Å². The number of benzene rings is 1. The number of hydrogen-bond acceptors (Lipinski definition) is 2. The van der Waals surface area contributed by atoms with Crippen LogP contribution in [0.25, 0.3) is 0 Å². The van der Waals surface area contributed by atoms with Crippen LogP contribution in [0.3, 0.4) is 0 Å². The fourth-order valence-electron chi connectivity index (χ4n) is 6.36. The molecule has 2 saturated heterocycles. The zero-order chi connectivity index (χ0) is 19.0. The first-order valence-corrected chi connectivity index (χ1v) is 11.1. The molecule has 0 amide bonds. The summed E-state index contributed by atoms with van der Waals surface area (Å²) in [6.45, 7) is 4.70. The van der Waals surface area contributed by atoms with Crippen LogP contribution < -0.4 is 0 Å². The first-order chi connectivity index (χ1) is 13.0. The second-order valence-corrected chi connectivity index (χ2v) is 9.66. The monoisotopic (exact) mass is 370 g/mol. The topological polar surface area (TPSA) is 26.3 Å². The number of hydrogen-bond donors (Lipinski definition) is 0. The number of esters is 1. The Labute approximate surface area is 164 Å². The molecule has 2 aliphatic heterocycles. The highest BCUT2D eigenvalue weighted by Crippen LogP contribution is 2.45. The van der Waals surface area contributed by atoms with E-state index in [1.165, 1.54) is 30.2 Å². The van der Waals surface area contributed by atoms with E-state index in [9.17, 15) is 4.79 Å². The zero-order valence-corrected chi connectivity index (χ0v) is 17.3. The Morgan fingerprint density at radius 3 is 2.15 bits per heavy atom. The Bertz CT molecular complexity index is 636. The molecule has 3 atom stereocenters. The minimum absolute atomic E-state index is 0.0400. The lowest BCUT2D eigenvalue weighted by Gasteiger charge is -2.49. The SMILES string of the molecule is CC(C)[N+]1(C)[C@H]2CC[C@H]1CC(OC(=O)[C@H](c1ccccc1)C1CCCC1)C2. The minimum atomic E-state index is -0.0701. The van der Waals surface area contributed by atoms with Crippen LogP contribution in [-0.2, 0) is 9.53 Å². The molecule has 3 aliphatic rings. The Hall–Kier alpha value is -1.35. The van der Waals surface area contributed by atoms with Gasteiger partial charge in [-0.05, 0) is 38.2 Å². The molecule has 2 bridgehead atoms. The summed E-state index contributed by atoms with van der Waals surface area (Å²) < 4.78 is 7.40. The molecule has 3 nitrogen and oxygen atoms in total. The van der Waals surface area contributed by atoms with Crippen LogP contribution in [0.15, 0.2) is 30.3 Å². The van der Waals surface area contributed by atoms with Gasteiger partial charge in [-0.15, -0.1) is 0 Å². The van der Waals surface area contributed by atoms with E-state index in [2.05, 4.69) is 45.2 Å². The molecular formula is C24H36NO2+. The van der Waals surface area contributed by atoms with Crippen LogP contribution in [0.5, 0.6) is 0 Å². The average molecular weight is 371 g/mol. The Morgan fingerprint density at radius 1 is 1.00 bits per heavy atom. The van der Waals surface area contributed by atoms with Gasteiger partial charge in [0.15, 0.2) is 0 Å². The van der Waals surface area contributed by atoms with E-state index in [4.69, 9.17) is 4.74 Å². The maximum Gasteiger partial charge on any atom is 0.313 e. The molecular weight excluding hydrogens is 334 g/mol. The molecule has 2 heterocycles. The second kappa shape index (κ2) is 7.58. The predicted molar refractivity (Wildman–Crippen MR) is 108 cm³/mol. The molecule has 1 saturated carbocycles. The first kappa shape index (κ1) is 19.0. The number of piperidine rings is 1. The van der Waals surface area contributed by atoms with Crippen molar-refractivity contribution < 1.29 is 14.0 Å². The van der Waals surface area contributed by atoms with Gasteiger partial charge in [0.2, 0.25) is 0 Å². The van der Waals surface area contributed by atoms with E-state index in [1.807, 2.05) is 6.07 Å². The second-order valence-electron chi connectivity index (χ2n) is 9.66. The number of rotatable bonds is 5. The van der Waals surface area contributed by atoms with E-state index in [1.54, 1.807) is 0 Å². The van der Waals surface area contributed by atoms with E-state index in [0.29, 0.717) is 24.0 Å². The summed E-state index contributed by atoms with van der Waals surface area (Å²) in [4.78, 5) is 13.3. The van der Waals surface area contributed by atoms with Crippen LogP contribution in [0.1, 0.15) is 76.7 Å². The predicted octanol–water partition coefficient (Wildman–Crippen LogP) is 5.05. The summed E-state index contributed by atoms with van der Waals surface area (Å²) in [7, 11) is 2.43. The number of carbonyl (C=O) groups is 1. The van der Waals surface area contributed by atoms with Crippen molar-refractivity contribution in [3.05, 3.63) is 35.9 Å². The van der Waals surface area contributed by atoms with E-state index in [-0.39, 0.29) is 18.0 Å². The van der Waals surface area contributed by atoms with Crippen molar-refractivity contribution in [2.75, 3.05) is 7.05 Å². The van der Waals surface area contributed by atoms with Gasteiger partial charge >= 0.3 is 5.97 Å². The summed E-state index contributed by atoms with van der Waals surface area (Å²) in [5.41, 5.74) is 1.15. The highest BCUT2D eigenvalue weighted by molar-refractivity contribution is 5.78. The maximum absolute atomic E-state index is 13.3. The Morgan fingerprint density at radius 2 is 1.59 bits per heavy atom. The smallest absolute Gasteiger partial charge is 0.313 e. The lowest BCUT2D eigenvalue weighted by Crippen LogP contribution is -2.62. The largest absolute Gasteiger partial charge is 0.461 e. The van der Waals surface area contributed by atoms with Gasteiger partial charge in [0, 0.05) is 25.7 Å². The fourth-order valence-corrected chi connectivity index (χ4v) is 6.36. The summed E-state index contributed by atoms with van der Waals surface area (Å²) in [6, 6.07) is 12.3. The van der Waals surface area contributed by atoms with Crippen molar-refractivity contribution in [1.82, 2.24) is 0 Å². The van der Waals surface area contributed by atoms with Crippen LogP contribution in [0.2, 0.25) is 0 Å². The number of ether oxygens (including phenoxy) is 1. The molecule has 148 valence electrons. The van der Waals surface area contributed by atoms with Crippen molar-refractivity contribution in [1.29, 1.82) is 0 Å². The molecule has 27 heavy (non-hydrogen) atoms. The zero-order valence-electron chi connectivity index (χ0n) is 17.3. The van der Waals surface area contributed by atoms with Crippen LogP contribution >= 0.6 is 0 Å². The molecule has 1 aliphatic carbocycles. The molecule has 4 rings (SSSR count). The molecule has 0 N–H and O–H groups in total. The lowest BCUT2D eigenvalue weighted by molar-refractivity contribution is -0.968. The average Bonchev–Trinajstić information content (AvgIpc) is 3.21. The maximum atomic E-state index is 13.3. The fraction of sp³-hybridized carbons (Fsp3) is 0.708. The van der Waals surface area contributed by atoms with Crippen molar-refractivity contribution in [2.45, 2.75) is 95.4 Å². The minimum Gasteiger partial charge on any atom is -0.461 e. The molecule has 0 spiro atoms. The molecule has 1 aromatic rings. The van der Waals surface area contributed by atoms with E-state index >= 15 is 0 Å². The molecule has 0 unspecified atom stereocenters. The van der Waals surface area contributed by atoms with Gasteiger partial charge in [0.1, 0.15) is 6.10 Å². The van der Waals surface area contributed by atoms with Gasteiger partial charge < -0.3 is 9.22 Å². The van der Waals surface area contributed by atoms with E-state index < -0.39 is 0 Å². The highest BCUT2D eigenvalue weighted by Gasteiger charge is 2.54. The normalized spacial score (nSPS) is 34.7. The summed E-state index contributed by atoms with van der Waals surface area (Å²) in [5.74, 6) is 0.425. The van der Waals surface area contributed by atoms with Gasteiger partial charge in [-0.1, -0.05) is 43.2 Å². The Balaban J connectivity index is 1.48. The van der Waals surface area contributed by atoms with Gasteiger partial charge in [0.05, 0.1) is 31.1 Å². The standard InChI is InChI=1S/C24H36NO2/c1-17(2)25(3)20-13-14-21(25)16-22(15-20)27-24(26)23(19-11-7-8-12-19)18-9-5-4-6-10-18/h4-6,9-10,17,19-23H,7-8,11-16H2,1-3H3/q+1/t20-,21-,22?,23+,25?/m0/s1. The molecule has 0 aromatic heterocycles. The van der Waals surface area contributed by atoms with Crippen LogP contribution in [0, 0.1) is 5.92 Å². The van der Waals surface area contributed by atoms with Crippen molar-refractivity contribution in [3.63, 3.8) is 0 Å². The first-order valence-electron chi connectivity index (χ1n) is 11.1. The number of nitrogens with zero attached hydrogens (tertiary/aromatic N) is 1. The third-order valence-corrected chi connectivity index (χ3v) is 8.16. The third-order valence-electron chi connectivity index (χ3n) is 8.16. The van der Waals surface area contributed by atoms with Gasteiger partial charge in [-0.25, -0.2) is 0 Å². The Kier molecular flexibility index (Phi) is 5.33. The molecule has 1 aromatic carbocycles. The number of fused-ring (bicyclic) bond motifs is 2. The van der Waals surface area contributed by atoms with Crippen molar-refractivity contribution in [2.24, 2.45) is 5.92 Å².